The Bertz CT molecular complexity index is 347. The number of carboxylic acid groups (broad SMARTS) is 1. The van der Waals surface area contributed by atoms with Crippen LogP contribution >= 0.6 is 0 Å². The van der Waals surface area contributed by atoms with Crippen LogP contribution in [0.5, 0.6) is 0 Å². The lowest BCUT2D eigenvalue weighted by atomic mass is 10.0. The number of hydrogen-bond donors (Lipinski definition) is 2. The summed E-state index contributed by atoms with van der Waals surface area (Å²) in [6, 6.07) is 9.86. The van der Waals surface area contributed by atoms with Crippen molar-refractivity contribution in [3.8, 4) is 0 Å². The van der Waals surface area contributed by atoms with E-state index in [1.54, 1.807) is 0 Å². The summed E-state index contributed by atoms with van der Waals surface area (Å²) in [5.74, 6) is -0.752. The van der Waals surface area contributed by atoms with E-state index in [4.69, 9.17) is 0 Å². The van der Waals surface area contributed by atoms with Crippen LogP contribution in [0.15, 0.2) is 30.3 Å². The minimum absolute atomic E-state index is 0.293. The summed E-state index contributed by atoms with van der Waals surface area (Å²) in [5.41, 5.74) is 1.19. The van der Waals surface area contributed by atoms with E-state index in [0.717, 1.165) is 19.3 Å². The first kappa shape index (κ1) is 14.7. The monoisotopic (exact) mass is 249 g/mol. The number of carboxylic acids is 1. The lowest BCUT2D eigenvalue weighted by Crippen LogP contribution is -2.43. The van der Waals surface area contributed by atoms with Crippen LogP contribution in [-0.4, -0.2) is 23.2 Å². The maximum atomic E-state index is 11.2. The summed E-state index contributed by atoms with van der Waals surface area (Å²) in [5, 5.41) is 12.5. The molecule has 0 amide bonds. The number of nitrogens with one attached hydrogen (secondary N) is 1. The van der Waals surface area contributed by atoms with Gasteiger partial charge in [-0.15, -0.1) is 0 Å². The van der Waals surface area contributed by atoms with Gasteiger partial charge in [-0.1, -0.05) is 44.2 Å². The zero-order chi connectivity index (χ0) is 13.4. The van der Waals surface area contributed by atoms with Crippen molar-refractivity contribution in [2.45, 2.75) is 51.6 Å². The maximum Gasteiger partial charge on any atom is 0.320 e. The fourth-order valence-electron chi connectivity index (χ4n) is 2.04. The molecule has 1 aromatic carbocycles. The van der Waals surface area contributed by atoms with Gasteiger partial charge in [0.05, 0.1) is 0 Å². The average molecular weight is 249 g/mol. The van der Waals surface area contributed by atoms with Crippen molar-refractivity contribution in [1.82, 2.24) is 5.32 Å². The van der Waals surface area contributed by atoms with Gasteiger partial charge in [0.2, 0.25) is 0 Å². The van der Waals surface area contributed by atoms with E-state index in [-0.39, 0.29) is 0 Å². The molecule has 0 heterocycles. The van der Waals surface area contributed by atoms with Gasteiger partial charge in [-0.25, -0.2) is 0 Å². The van der Waals surface area contributed by atoms with Crippen molar-refractivity contribution in [2.75, 3.05) is 0 Å². The Morgan fingerprint density at radius 2 is 1.83 bits per heavy atom. The molecule has 1 atom stereocenters. The summed E-state index contributed by atoms with van der Waals surface area (Å²) < 4.78 is 0. The molecule has 2 N–H and O–H groups in total. The molecular formula is C15H23NO2. The van der Waals surface area contributed by atoms with Crippen LogP contribution < -0.4 is 5.32 Å². The van der Waals surface area contributed by atoms with E-state index in [9.17, 15) is 9.90 Å². The Labute approximate surface area is 109 Å². The normalized spacial score (nSPS) is 12.6. The third kappa shape index (κ3) is 4.88. The predicted molar refractivity (Wildman–Crippen MR) is 73.7 cm³/mol. The maximum absolute atomic E-state index is 11.2. The smallest absolute Gasteiger partial charge is 0.320 e. The van der Waals surface area contributed by atoms with Gasteiger partial charge in [0, 0.05) is 6.04 Å². The molecule has 0 radical (unpaired) electrons. The van der Waals surface area contributed by atoms with Gasteiger partial charge in [0.1, 0.15) is 6.04 Å². The Hall–Kier alpha value is -1.35. The third-order valence-electron chi connectivity index (χ3n) is 3.29. The van der Waals surface area contributed by atoms with Crippen LogP contribution in [0.2, 0.25) is 0 Å². The van der Waals surface area contributed by atoms with E-state index < -0.39 is 12.0 Å². The fourth-order valence-corrected chi connectivity index (χ4v) is 2.04. The summed E-state index contributed by atoms with van der Waals surface area (Å²) in [7, 11) is 0. The molecular weight excluding hydrogens is 226 g/mol. The molecule has 3 nitrogen and oxygen atoms in total. The zero-order valence-corrected chi connectivity index (χ0v) is 11.2. The molecule has 100 valence electrons. The van der Waals surface area contributed by atoms with Gasteiger partial charge >= 0.3 is 5.97 Å². The highest BCUT2D eigenvalue weighted by molar-refractivity contribution is 5.73. The summed E-state index contributed by atoms with van der Waals surface area (Å²) in [4.78, 5) is 11.2. The van der Waals surface area contributed by atoms with Gasteiger partial charge in [0.25, 0.3) is 0 Å². The number of rotatable bonds is 8. The minimum atomic E-state index is -0.752. The predicted octanol–water partition coefficient (Wildman–Crippen LogP) is 2.85. The fraction of sp³-hybridized carbons (Fsp3) is 0.533. The van der Waals surface area contributed by atoms with Crippen LogP contribution in [0.4, 0.5) is 0 Å². The molecule has 3 heteroatoms. The van der Waals surface area contributed by atoms with Gasteiger partial charge in [0.15, 0.2) is 0 Å². The van der Waals surface area contributed by atoms with E-state index in [1.807, 2.05) is 30.3 Å². The van der Waals surface area contributed by atoms with Crippen molar-refractivity contribution in [3.63, 3.8) is 0 Å². The van der Waals surface area contributed by atoms with Gasteiger partial charge < -0.3 is 10.4 Å². The Morgan fingerprint density at radius 3 is 2.33 bits per heavy atom. The van der Waals surface area contributed by atoms with Crippen molar-refractivity contribution >= 4 is 5.97 Å². The molecule has 18 heavy (non-hydrogen) atoms. The number of aryl methyl sites for hydroxylation is 1. The second-order valence-corrected chi connectivity index (χ2v) is 4.60. The molecule has 0 aromatic heterocycles. The SMILES string of the molecule is CCC(CC)NC(CCc1ccccc1)C(=O)O. The van der Waals surface area contributed by atoms with Crippen LogP contribution in [0.25, 0.3) is 0 Å². The van der Waals surface area contributed by atoms with E-state index >= 15 is 0 Å². The Kier molecular flexibility index (Phi) is 6.44. The molecule has 0 aliphatic rings. The van der Waals surface area contributed by atoms with Crippen LogP contribution in [0.1, 0.15) is 38.7 Å². The van der Waals surface area contributed by atoms with E-state index in [2.05, 4.69) is 19.2 Å². The topological polar surface area (TPSA) is 49.3 Å². The molecule has 0 spiro atoms. The number of hydrogen-bond acceptors (Lipinski definition) is 2. The van der Waals surface area contributed by atoms with Crippen molar-refractivity contribution < 1.29 is 9.90 Å². The molecule has 0 aliphatic carbocycles. The summed E-state index contributed by atoms with van der Waals surface area (Å²) in [6.45, 7) is 4.16. The van der Waals surface area contributed by atoms with Crippen molar-refractivity contribution in [3.05, 3.63) is 35.9 Å². The van der Waals surface area contributed by atoms with Gasteiger partial charge in [-0.2, -0.15) is 0 Å². The van der Waals surface area contributed by atoms with E-state index in [1.165, 1.54) is 5.56 Å². The highest BCUT2D eigenvalue weighted by Crippen LogP contribution is 2.07. The first-order valence-corrected chi connectivity index (χ1v) is 6.70. The number of carbonyl (C=O) groups is 1. The third-order valence-corrected chi connectivity index (χ3v) is 3.29. The largest absolute Gasteiger partial charge is 0.480 e. The van der Waals surface area contributed by atoms with Gasteiger partial charge in [-0.3, -0.25) is 4.79 Å². The van der Waals surface area contributed by atoms with E-state index in [0.29, 0.717) is 12.5 Å². The Balaban J connectivity index is 2.50. The second-order valence-electron chi connectivity index (χ2n) is 4.60. The average Bonchev–Trinajstić information content (AvgIpc) is 2.40. The standard InChI is InChI=1S/C15H23NO2/c1-3-13(4-2)16-14(15(17)18)11-10-12-8-6-5-7-9-12/h5-9,13-14,16H,3-4,10-11H2,1-2H3,(H,17,18). The summed E-state index contributed by atoms with van der Waals surface area (Å²) >= 11 is 0. The molecule has 1 aromatic rings. The van der Waals surface area contributed by atoms with Crippen molar-refractivity contribution in [2.24, 2.45) is 0 Å². The zero-order valence-electron chi connectivity index (χ0n) is 11.2. The second kappa shape index (κ2) is 7.88. The van der Waals surface area contributed by atoms with Crippen molar-refractivity contribution in [1.29, 1.82) is 0 Å². The number of aliphatic carboxylic acids is 1. The first-order valence-electron chi connectivity index (χ1n) is 6.70. The molecule has 1 rings (SSSR count). The summed E-state index contributed by atoms with van der Waals surface area (Å²) in [6.07, 6.45) is 3.36. The van der Waals surface area contributed by atoms with Crippen LogP contribution in [0.3, 0.4) is 0 Å². The highest BCUT2D eigenvalue weighted by Gasteiger charge is 2.19. The van der Waals surface area contributed by atoms with Crippen LogP contribution in [0, 0.1) is 0 Å². The first-order chi connectivity index (χ1) is 8.67. The molecule has 0 bridgehead atoms. The Morgan fingerprint density at radius 1 is 1.22 bits per heavy atom. The molecule has 0 aliphatic heterocycles. The van der Waals surface area contributed by atoms with Crippen LogP contribution in [-0.2, 0) is 11.2 Å². The molecule has 0 saturated carbocycles. The minimum Gasteiger partial charge on any atom is -0.480 e. The van der Waals surface area contributed by atoms with Gasteiger partial charge in [-0.05, 0) is 31.2 Å². The lowest BCUT2D eigenvalue weighted by molar-refractivity contribution is -0.139. The number of benzene rings is 1. The highest BCUT2D eigenvalue weighted by atomic mass is 16.4. The lowest BCUT2D eigenvalue weighted by Gasteiger charge is -2.21. The molecule has 1 unspecified atom stereocenters. The quantitative estimate of drug-likeness (QED) is 0.745. The molecule has 0 fully saturated rings. The molecule has 0 saturated heterocycles.